The first kappa shape index (κ1) is 16.1. The fraction of sp³-hybridized carbons (Fsp3) is 0.412. The number of carbonyl (C=O) groups excluding carboxylic acids is 1. The Bertz CT molecular complexity index is 769. The largest absolute Gasteiger partial charge is 0.481 e. The molecule has 1 aromatic carbocycles. The molecular formula is C17H19N3O4. The summed E-state index contributed by atoms with van der Waals surface area (Å²) in [4.78, 5) is 15.3. The summed E-state index contributed by atoms with van der Waals surface area (Å²) >= 11 is 0. The Hall–Kier alpha value is -2.72. The number of aromatic nitrogens is 1. The number of fused-ring (bicyclic) bond motifs is 1. The van der Waals surface area contributed by atoms with Crippen LogP contribution in [-0.4, -0.2) is 43.8 Å². The normalized spacial score (nSPS) is 14.7. The molecule has 3 rings (SSSR count). The first-order chi connectivity index (χ1) is 11.7. The van der Waals surface area contributed by atoms with Crippen LogP contribution in [-0.2, 0) is 9.53 Å². The van der Waals surface area contributed by atoms with Crippen molar-refractivity contribution in [1.82, 2.24) is 10.3 Å². The molecule has 0 bridgehead atoms. The van der Waals surface area contributed by atoms with Gasteiger partial charge in [0, 0.05) is 18.0 Å². The van der Waals surface area contributed by atoms with Gasteiger partial charge < -0.3 is 24.5 Å². The molecule has 2 aromatic rings. The van der Waals surface area contributed by atoms with Crippen LogP contribution in [0.2, 0.25) is 0 Å². The molecule has 1 aromatic heterocycles. The van der Waals surface area contributed by atoms with Gasteiger partial charge in [-0.05, 0) is 44.0 Å². The third-order valence-corrected chi connectivity index (χ3v) is 3.71. The van der Waals surface area contributed by atoms with Gasteiger partial charge in [-0.1, -0.05) is 0 Å². The van der Waals surface area contributed by atoms with E-state index >= 15 is 0 Å². The number of piperidine rings is 1. The summed E-state index contributed by atoms with van der Waals surface area (Å²) in [5.74, 6) is 4.92. The number of esters is 1. The highest BCUT2D eigenvalue weighted by atomic mass is 16.5. The van der Waals surface area contributed by atoms with Gasteiger partial charge in [0.2, 0.25) is 0 Å². The fourth-order valence-corrected chi connectivity index (χ4v) is 2.48. The van der Waals surface area contributed by atoms with E-state index in [-0.39, 0.29) is 6.61 Å². The van der Waals surface area contributed by atoms with Crippen molar-refractivity contribution in [2.24, 2.45) is 0 Å². The van der Waals surface area contributed by atoms with E-state index in [0.29, 0.717) is 28.9 Å². The molecule has 2 N–H and O–H groups in total. The summed E-state index contributed by atoms with van der Waals surface area (Å²) in [6.45, 7) is 2.10. The quantitative estimate of drug-likeness (QED) is 0.500. The number of anilines is 1. The molecule has 0 radical (unpaired) electrons. The predicted molar refractivity (Wildman–Crippen MR) is 88.8 cm³/mol. The number of benzene rings is 1. The highest BCUT2D eigenvalue weighted by molar-refractivity contribution is 5.88. The number of nitrogens with one attached hydrogen (secondary N) is 2. The number of rotatable bonds is 4. The summed E-state index contributed by atoms with van der Waals surface area (Å²) < 4.78 is 15.6. The minimum absolute atomic E-state index is 0.0959. The Labute approximate surface area is 139 Å². The van der Waals surface area contributed by atoms with Gasteiger partial charge in [0.25, 0.3) is 6.01 Å². The standard InChI is InChI=1S/C17H19N3O4/c1-22-16(21)3-2-10-23-13-4-5-15-14(11-13)20-17(24-15)19-12-6-8-18-9-7-12/h4-5,11-12,18H,6-10H2,1H3,(H,19,20). The molecule has 1 fully saturated rings. The van der Waals surface area contributed by atoms with E-state index < -0.39 is 5.97 Å². The van der Waals surface area contributed by atoms with Gasteiger partial charge in [0.1, 0.15) is 17.9 Å². The highest BCUT2D eigenvalue weighted by Crippen LogP contribution is 2.24. The monoisotopic (exact) mass is 329 g/mol. The van der Waals surface area contributed by atoms with Crippen molar-refractivity contribution in [2.75, 3.05) is 32.1 Å². The molecule has 1 saturated heterocycles. The number of oxazole rings is 1. The van der Waals surface area contributed by atoms with Gasteiger partial charge >= 0.3 is 5.97 Å². The molecule has 7 nitrogen and oxygen atoms in total. The molecular weight excluding hydrogens is 310 g/mol. The molecule has 1 aliphatic rings. The van der Waals surface area contributed by atoms with E-state index in [1.807, 2.05) is 0 Å². The van der Waals surface area contributed by atoms with Crippen LogP contribution in [0.5, 0.6) is 5.75 Å². The molecule has 7 heteroatoms. The lowest BCUT2D eigenvalue weighted by Gasteiger charge is -2.22. The van der Waals surface area contributed by atoms with Crippen LogP contribution in [0.3, 0.4) is 0 Å². The number of methoxy groups -OCH3 is 1. The fourth-order valence-electron chi connectivity index (χ4n) is 2.48. The smallest absolute Gasteiger partial charge is 0.384 e. The summed E-state index contributed by atoms with van der Waals surface area (Å²) in [5.41, 5.74) is 1.41. The average molecular weight is 329 g/mol. The first-order valence-electron chi connectivity index (χ1n) is 7.82. The predicted octanol–water partition coefficient (Wildman–Crippen LogP) is 1.55. The third kappa shape index (κ3) is 4.18. The maximum Gasteiger partial charge on any atom is 0.384 e. The first-order valence-corrected chi connectivity index (χ1v) is 7.82. The second kappa shape index (κ2) is 7.70. The summed E-state index contributed by atoms with van der Waals surface area (Å²) in [6, 6.07) is 6.27. The molecule has 0 aliphatic carbocycles. The second-order valence-corrected chi connectivity index (χ2v) is 5.40. The third-order valence-electron chi connectivity index (χ3n) is 3.71. The lowest BCUT2D eigenvalue weighted by atomic mass is 10.1. The number of hydrogen-bond donors (Lipinski definition) is 2. The highest BCUT2D eigenvalue weighted by Gasteiger charge is 2.15. The molecule has 0 spiro atoms. The van der Waals surface area contributed by atoms with Crippen LogP contribution < -0.4 is 15.4 Å². The SMILES string of the molecule is COC(=O)C#CCOc1ccc2oc(NC3CCNCC3)nc2c1. The summed E-state index contributed by atoms with van der Waals surface area (Å²) in [5, 5.41) is 6.65. The zero-order chi connectivity index (χ0) is 16.8. The number of nitrogens with zero attached hydrogens (tertiary/aromatic N) is 1. The van der Waals surface area contributed by atoms with Crippen molar-refractivity contribution < 1.29 is 18.7 Å². The summed E-state index contributed by atoms with van der Waals surface area (Å²) in [7, 11) is 1.28. The Kier molecular flexibility index (Phi) is 5.18. The second-order valence-electron chi connectivity index (χ2n) is 5.40. The van der Waals surface area contributed by atoms with Crippen LogP contribution >= 0.6 is 0 Å². The lowest BCUT2D eigenvalue weighted by molar-refractivity contribution is -0.133. The lowest BCUT2D eigenvalue weighted by Crippen LogP contribution is -2.35. The summed E-state index contributed by atoms with van der Waals surface area (Å²) in [6.07, 6.45) is 2.10. The maximum atomic E-state index is 10.9. The van der Waals surface area contributed by atoms with E-state index in [1.165, 1.54) is 7.11 Å². The van der Waals surface area contributed by atoms with Crippen molar-refractivity contribution in [3.05, 3.63) is 18.2 Å². The van der Waals surface area contributed by atoms with Crippen LogP contribution in [0.15, 0.2) is 22.6 Å². The van der Waals surface area contributed by atoms with E-state index in [1.54, 1.807) is 18.2 Å². The van der Waals surface area contributed by atoms with Gasteiger partial charge in [-0.2, -0.15) is 4.98 Å². The topological polar surface area (TPSA) is 85.6 Å². The average Bonchev–Trinajstić information content (AvgIpc) is 3.00. The van der Waals surface area contributed by atoms with E-state index in [2.05, 4.69) is 32.2 Å². The van der Waals surface area contributed by atoms with E-state index in [0.717, 1.165) is 25.9 Å². The molecule has 126 valence electrons. The van der Waals surface area contributed by atoms with Gasteiger partial charge in [-0.15, -0.1) is 0 Å². The van der Waals surface area contributed by atoms with Crippen molar-refractivity contribution in [2.45, 2.75) is 18.9 Å². The Morgan fingerprint density at radius 1 is 1.46 bits per heavy atom. The van der Waals surface area contributed by atoms with Crippen LogP contribution in [0.1, 0.15) is 12.8 Å². The Morgan fingerprint density at radius 3 is 3.08 bits per heavy atom. The van der Waals surface area contributed by atoms with Crippen LogP contribution in [0.25, 0.3) is 11.1 Å². The Morgan fingerprint density at radius 2 is 2.29 bits per heavy atom. The molecule has 0 saturated carbocycles. The number of ether oxygens (including phenoxy) is 2. The molecule has 2 heterocycles. The minimum atomic E-state index is -0.584. The van der Waals surface area contributed by atoms with Gasteiger partial charge in [0.05, 0.1) is 7.11 Å². The number of carbonyl (C=O) groups is 1. The van der Waals surface area contributed by atoms with E-state index in [4.69, 9.17) is 9.15 Å². The van der Waals surface area contributed by atoms with Gasteiger partial charge in [-0.25, -0.2) is 4.79 Å². The molecule has 0 atom stereocenters. The number of hydrogen-bond acceptors (Lipinski definition) is 7. The zero-order valence-corrected chi connectivity index (χ0v) is 13.4. The van der Waals surface area contributed by atoms with Gasteiger partial charge in [-0.3, -0.25) is 0 Å². The van der Waals surface area contributed by atoms with E-state index in [9.17, 15) is 4.79 Å². The molecule has 0 amide bonds. The van der Waals surface area contributed by atoms with Crippen molar-refractivity contribution in [3.63, 3.8) is 0 Å². The van der Waals surface area contributed by atoms with Crippen molar-refractivity contribution >= 4 is 23.1 Å². The van der Waals surface area contributed by atoms with Gasteiger partial charge in [0.15, 0.2) is 5.58 Å². The zero-order valence-electron chi connectivity index (χ0n) is 13.4. The molecule has 24 heavy (non-hydrogen) atoms. The van der Waals surface area contributed by atoms with Crippen LogP contribution in [0.4, 0.5) is 6.01 Å². The minimum Gasteiger partial charge on any atom is -0.481 e. The van der Waals surface area contributed by atoms with Crippen molar-refractivity contribution in [3.8, 4) is 17.6 Å². The van der Waals surface area contributed by atoms with Crippen molar-refractivity contribution in [1.29, 1.82) is 0 Å². The molecule has 1 aliphatic heterocycles. The maximum absolute atomic E-state index is 10.9. The molecule has 0 unspecified atom stereocenters. The Balaban J connectivity index is 1.62. The van der Waals surface area contributed by atoms with Crippen LogP contribution in [0, 0.1) is 11.8 Å².